The molecule has 0 bridgehead atoms. The Morgan fingerprint density at radius 1 is 1.42 bits per heavy atom. The smallest absolute Gasteiger partial charge is 0.258 e. The summed E-state index contributed by atoms with van der Waals surface area (Å²) in [7, 11) is 0. The maximum atomic E-state index is 9.67. The van der Waals surface area contributed by atoms with Gasteiger partial charge in [-0.2, -0.15) is 4.98 Å². The highest BCUT2D eigenvalue weighted by atomic mass is 79.9. The van der Waals surface area contributed by atoms with Gasteiger partial charge in [-0.25, -0.2) is 0 Å². The predicted octanol–water partition coefficient (Wildman–Crippen LogP) is 3.23. The maximum Gasteiger partial charge on any atom is 0.258 e. The lowest BCUT2D eigenvalue weighted by molar-refractivity contribution is 0.00768. The molecule has 1 aliphatic heterocycles. The summed E-state index contributed by atoms with van der Waals surface area (Å²) in [6.45, 7) is 2.69. The molecule has 5 nitrogen and oxygen atoms in total. The van der Waals surface area contributed by atoms with Gasteiger partial charge in [-0.3, -0.25) is 0 Å². The van der Waals surface area contributed by atoms with E-state index in [1.807, 2.05) is 6.92 Å². The zero-order valence-electron chi connectivity index (χ0n) is 10.4. The third-order valence-corrected chi connectivity index (χ3v) is 3.98. The molecule has 0 amide bonds. The second-order valence-corrected chi connectivity index (χ2v) is 5.63. The minimum Gasteiger partial charge on any atom is -0.507 e. The van der Waals surface area contributed by atoms with Crippen molar-refractivity contribution in [1.82, 2.24) is 10.1 Å². The molecule has 1 atom stereocenters. The third-order valence-electron chi connectivity index (χ3n) is 3.31. The summed E-state index contributed by atoms with van der Waals surface area (Å²) in [6.07, 6.45) is 1.89. The standard InChI is InChI=1S/C13H13BrN2O3/c1-13(5-2-6-18-13)12-15-11(19-16-12)8-3-4-9(14)10(17)7-8/h3-4,7,17H,2,5-6H2,1H3. The lowest BCUT2D eigenvalue weighted by Gasteiger charge is -2.17. The van der Waals surface area contributed by atoms with Crippen molar-refractivity contribution in [3.63, 3.8) is 0 Å². The van der Waals surface area contributed by atoms with E-state index < -0.39 is 5.60 Å². The van der Waals surface area contributed by atoms with E-state index in [0.717, 1.165) is 19.4 Å². The second kappa shape index (κ2) is 4.61. The summed E-state index contributed by atoms with van der Waals surface area (Å²) in [6, 6.07) is 5.13. The molecule has 19 heavy (non-hydrogen) atoms. The number of rotatable bonds is 2. The Labute approximate surface area is 118 Å². The first-order valence-corrected chi connectivity index (χ1v) is 6.85. The molecule has 1 saturated heterocycles. The van der Waals surface area contributed by atoms with Crippen molar-refractivity contribution in [1.29, 1.82) is 0 Å². The van der Waals surface area contributed by atoms with Crippen molar-refractivity contribution in [2.24, 2.45) is 0 Å². The average molecular weight is 325 g/mol. The average Bonchev–Trinajstić information content (AvgIpc) is 3.02. The fourth-order valence-electron chi connectivity index (χ4n) is 2.16. The van der Waals surface area contributed by atoms with Crippen LogP contribution in [-0.4, -0.2) is 21.9 Å². The Balaban J connectivity index is 1.94. The van der Waals surface area contributed by atoms with E-state index in [1.165, 1.54) is 0 Å². The van der Waals surface area contributed by atoms with Crippen LogP contribution in [0, 0.1) is 0 Å². The first-order valence-electron chi connectivity index (χ1n) is 6.05. The van der Waals surface area contributed by atoms with E-state index >= 15 is 0 Å². The molecule has 2 heterocycles. The Bertz CT molecular complexity index is 606. The number of aromatic nitrogens is 2. The molecule has 1 unspecified atom stereocenters. The Morgan fingerprint density at radius 2 is 2.26 bits per heavy atom. The molecule has 0 radical (unpaired) electrons. The molecule has 1 fully saturated rings. The first-order chi connectivity index (χ1) is 9.08. The number of ether oxygens (including phenoxy) is 1. The van der Waals surface area contributed by atoms with Crippen LogP contribution in [0.4, 0.5) is 0 Å². The summed E-state index contributed by atoms with van der Waals surface area (Å²) in [4.78, 5) is 4.38. The second-order valence-electron chi connectivity index (χ2n) is 4.77. The number of hydrogen-bond donors (Lipinski definition) is 1. The molecule has 0 aliphatic carbocycles. The van der Waals surface area contributed by atoms with Gasteiger partial charge >= 0.3 is 0 Å². The zero-order chi connectivity index (χ0) is 13.5. The maximum absolute atomic E-state index is 9.67. The normalized spacial score (nSPS) is 22.8. The van der Waals surface area contributed by atoms with Crippen LogP contribution in [-0.2, 0) is 10.3 Å². The molecule has 0 saturated carbocycles. The quantitative estimate of drug-likeness (QED) is 0.918. The monoisotopic (exact) mass is 324 g/mol. The molecular formula is C13H13BrN2O3. The van der Waals surface area contributed by atoms with Gasteiger partial charge in [0.05, 0.1) is 4.47 Å². The fraction of sp³-hybridized carbons (Fsp3) is 0.385. The number of benzene rings is 1. The highest BCUT2D eigenvalue weighted by Crippen LogP contribution is 2.35. The van der Waals surface area contributed by atoms with Gasteiger partial charge in [0.1, 0.15) is 11.4 Å². The van der Waals surface area contributed by atoms with Crippen LogP contribution in [0.5, 0.6) is 5.75 Å². The van der Waals surface area contributed by atoms with Gasteiger partial charge in [-0.05, 0) is 53.9 Å². The summed E-state index contributed by atoms with van der Waals surface area (Å²) in [5.74, 6) is 1.08. The molecule has 1 aromatic carbocycles. The van der Waals surface area contributed by atoms with E-state index in [9.17, 15) is 5.11 Å². The third kappa shape index (κ3) is 2.26. The van der Waals surface area contributed by atoms with Crippen LogP contribution in [0.3, 0.4) is 0 Å². The molecule has 1 aromatic heterocycles. The van der Waals surface area contributed by atoms with Crippen molar-refractivity contribution in [2.75, 3.05) is 6.61 Å². The van der Waals surface area contributed by atoms with Crippen molar-refractivity contribution in [3.05, 3.63) is 28.5 Å². The zero-order valence-corrected chi connectivity index (χ0v) is 12.0. The number of halogens is 1. The minimum absolute atomic E-state index is 0.139. The predicted molar refractivity (Wildman–Crippen MR) is 71.6 cm³/mol. The summed E-state index contributed by atoms with van der Waals surface area (Å²) >= 11 is 3.23. The number of aromatic hydroxyl groups is 1. The molecule has 2 aromatic rings. The number of phenolic OH excluding ortho intramolecular Hbond substituents is 1. The summed E-state index contributed by atoms with van der Waals surface area (Å²) in [5, 5.41) is 13.7. The molecular weight excluding hydrogens is 312 g/mol. The van der Waals surface area contributed by atoms with E-state index in [4.69, 9.17) is 9.26 Å². The Hall–Kier alpha value is -1.40. The van der Waals surface area contributed by atoms with Crippen molar-refractivity contribution in [2.45, 2.75) is 25.4 Å². The van der Waals surface area contributed by atoms with Gasteiger partial charge in [-0.15, -0.1) is 0 Å². The minimum atomic E-state index is -0.459. The highest BCUT2D eigenvalue weighted by Gasteiger charge is 2.36. The lowest BCUT2D eigenvalue weighted by Crippen LogP contribution is -2.21. The number of hydrogen-bond acceptors (Lipinski definition) is 5. The van der Waals surface area contributed by atoms with Gasteiger partial charge in [-0.1, -0.05) is 5.16 Å². The van der Waals surface area contributed by atoms with Crippen molar-refractivity contribution >= 4 is 15.9 Å². The Kier molecular flexibility index (Phi) is 3.06. The number of nitrogens with zero attached hydrogens (tertiary/aromatic N) is 2. The van der Waals surface area contributed by atoms with Crippen LogP contribution in [0.2, 0.25) is 0 Å². The molecule has 0 spiro atoms. The van der Waals surface area contributed by atoms with E-state index in [0.29, 0.717) is 21.8 Å². The van der Waals surface area contributed by atoms with Gasteiger partial charge in [0.15, 0.2) is 0 Å². The van der Waals surface area contributed by atoms with Gasteiger partial charge in [0, 0.05) is 12.2 Å². The summed E-state index contributed by atoms with van der Waals surface area (Å²) < 4.78 is 11.6. The largest absolute Gasteiger partial charge is 0.507 e. The van der Waals surface area contributed by atoms with E-state index in [-0.39, 0.29) is 5.75 Å². The van der Waals surface area contributed by atoms with Crippen LogP contribution in [0.1, 0.15) is 25.6 Å². The molecule has 3 rings (SSSR count). The van der Waals surface area contributed by atoms with Gasteiger partial charge in [0.25, 0.3) is 5.89 Å². The Morgan fingerprint density at radius 3 is 2.95 bits per heavy atom. The fourth-order valence-corrected chi connectivity index (χ4v) is 2.40. The number of phenols is 1. The highest BCUT2D eigenvalue weighted by molar-refractivity contribution is 9.10. The summed E-state index contributed by atoms with van der Waals surface area (Å²) in [5.41, 5.74) is 0.222. The van der Waals surface area contributed by atoms with E-state index in [2.05, 4.69) is 26.1 Å². The molecule has 6 heteroatoms. The van der Waals surface area contributed by atoms with Crippen LogP contribution >= 0.6 is 15.9 Å². The van der Waals surface area contributed by atoms with Crippen LogP contribution < -0.4 is 0 Å². The molecule has 1 N–H and O–H groups in total. The van der Waals surface area contributed by atoms with Crippen LogP contribution in [0.25, 0.3) is 11.5 Å². The van der Waals surface area contributed by atoms with Crippen LogP contribution in [0.15, 0.2) is 27.2 Å². The van der Waals surface area contributed by atoms with Crippen molar-refractivity contribution < 1.29 is 14.4 Å². The lowest BCUT2D eigenvalue weighted by atomic mass is 10.0. The molecule has 100 valence electrons. The topological polar surface area (TPSA) is 68.4 Å². The van der Waals surface area contributed by atoms with Crippen molar-refractivity contribution in [3.8, 4) is 17.2 Å². The van der Waals surface area contributed by atoms with Gasteiger partial charge < -0.3 is 14.4 Å². The van der Waals surface area contributed by atoms with Gasteiger partial charge in [0.2, 0.25) is 5.82 Å². The first kappa shape index (κ1) is 12.6. The van der Waals surface area contributed by atoms with E-state index in [1.54, 1.807) is 18.2 Å². The molecule has 1 aliphatic rings. The SMILES string of the molecule is CC1(c2noc(-c3ccc(Br)c(O)c3)n2)CCCO1.